The van der Waals surface area contributed by atoms with Gasteiger partial charge in [-0.3, -0.25) is 14.6 Å². The number of thioether (sulfide) groups is 1. The van der Waals surface area contributed by atoms with E-state index >= 15 is 0 Å². The summed E-state index contributed by atoms with van der Waals surface area (Å²) in [5.41, 5.74) is -0.536. The number of nitrogens with zero attached hydrogens (tertiary/aromatic N) is 1. The molecule has 0 saturated heterocycles. The number of aliphatic imine (C=N–C) groups is 1. The summed E-state index contributed by atoms with van der Waals surface area (Å²) in [4.78, 5) is 39.8. The van der Waals surface area contributed by atoms with E-state index in [0.717, 1.165) is 0 Å². The predicted molar refractivity (Wildman–Crippen MR) is 96.2 cm³/mol. The zero-order chi connectivity index (χ0) is 18.6. The Morgan fingerprint density at radius 3 is 2.72 bits per heavy atom. The van der Waals surface area contributed by atoms with Crippen molar-refractivity contribution in [1.82, 2.24) is 5.32 Å². The Morgan fingerprint density at radius 2 is 2.16 bits per heavy atom. The van der Waals surface area contributed by atoms with Crippen molar-refractivity contribution in [3.8, 4) is 5.75 Å². The fourth-order valence-corrected chi connectivity index (χ4v) is 3.40. The molecule has 2 atom stereocenters. The van der Waals surface area contributed by atoms with Gasteiger partial charge in [-0.15, -0.1) is 11.8 Å². The summed E-state index contributed by atoms with van der Waals surface area (Å²) in [5.74, 6) is 0.973. The van der Waals surface area contributed by atoms with Crippen LogP contribution in [0.2, 0.25) is 0 Å². The van der Waals surface area contributed by atoms with Gasteiger partial charge in [0.05, 0.1) is 19.2 Å². The third kappa shape index (κ3) is 5.19. The molecule has 2 unspecified atom stereocenters. The van der Waals surface area contributed by atoms with Crippen LogP contribution in [0, 0.1) is 5.92 Å². The van der Waals surface area contributed by atoms with Crippen molar-refractivity contribution < 1.29 is 18.7 Å². The molecule has 2 rings (SSSR count). The Hall–Kier alpha value is -2.09. The highest BCUT2D eigenvalue weighted by Gasteiger charge is 2.29. The summed E-state index contributed by atoms with van der Waals surface area (Å²) in [7, 11) is 1.46. The molecule has 2 heterocycles. The lowest BCUT2D eigenvalue weighted by Crippen LogP contribution is -2.37. The molecule has 136 valence electrons. The Labute approximate surface area is 150 Å². The van der Waals surface area contributed by atoms with Crippen LogP contribution in [0.4, 0.5) is 0 Å². The standard InChI is InChI=1S/C17H22N2O5S/c1-9(2)5-12(14-6-11(23-4)7-15(21)24-14)18-16(22)13-8-25-17(19-13)10(3)20/h6-7,9,12-13H,5,8H2,1-4H3,(H,18,22). The highest BCUT2D eigenvalue weighted by molar-refractivity contribution is 8.16. The number of carbonyl (C=O) groups is 2. The average molecular weight is 366 g/mol. The summed E-state index contributed by atoms with van der Waals surface area (Å²) >= 11 is 1.28. The smallest absolute Gasteiger partial charge is 0.339 e. The van der Waals surface area contributed by atoms with Crippen LogP contribution >= 0.6 is 11.8 Å². The molecule has 0 saturated carbocycles. The predicted octanol–water partition coefficient (Wildman–Crippen LogP) is 1.95. The van der Waals surface area contributed by atoms with E-state index in [4.69, 9.17) is 9.15 Å². The van der Waals surface area contributed by atoms with Gasteiger partial charge in [0.2, 0.25) is 5.91 Å². The molecule has 7 nitrogen and oxygen atoms in total. The Morgan fingerprint density at radius 1 is 1.44 bits per heavy atom. The molecular formula is C17H22N2O5S. The molecule has 0 aromatic carbocycles. The van der Waals surface area contributed by atoms with Gasteiger partial charge in [-0.2, -0.15) is 0 Å². The van der Waals surface area contributed by atoms with Crippen LogP contribution in [0.3, 0.4) is 0 Å². The molecule has 1 aromatic rings. The van der Waals surface area contributed by atoms with Crippen molar-refractivity contribution in [2.75, 3.05) is 12.9 Å². The number of nitrogens with one attached hydrogen (secondary N) is 1. The maximum absolute atomic E-state index is 12.5. The molecule has 8 heteroatoms. The summed E-state index contributed by atoms with van der Waals surface area (Å²) < 4.78 is 10.4. The quantitative estimate of drug-likeness (QED) is 0.792. The minimum absolute atomic E-state index is 0.141. The third-order valence-electron chi connectivity index (χ3n) is 3.62. The van der Waals surface area contributed by atoms with E-state index in [0.29, 0.717) is 28.7 Å². The number of ketones is 1. The molecule has 0 bridgehead atoms. The van der Waals surface area contributed by atoms with Crippen molar-refractivity contribution in [1.29, 1.82) is 0 Å². The lowest BCUT2D eigenvalue weighted by molar-refractivity contribution is -0.122. The van der Waals surface area contributed by atoms with E-state index in [1.165, 1.54) is 31.9 Å². The first-order chi connectivity index (χ1) is 11.8. The van der Waals surface area contributed by atoms with E-state index in [-0.39, 0.29) is 17.6 Å². The average Bonchev–Trinajstić information content (AvgIpc) is 3.03. The molecule has 0 fully saturated rings. The number of Topliss-reactive ketones (excluding diaryl/α,β-unsaturated/α-hetero) is 1. The topological polar surface area (TPSA) is 98.0 Å². The zero-order valence-electron chi connectivity index (χ0n) is 14.7. The van der Waals surface area contributed by atoms with Crippen molar-refractivity contribution in [2.24, 2.45) is 10.9 Å². The second-order valence-electron chi connectivity index (χ2n) is 6.23. The molecule has 0 aliphatic carbocycles. The first kappa shape index (κ1) is 19.2. The van der Waals surface area contributed by atoms with Crippen molar-refractivity contribution >= 4 is 28.5 Å². The number of rotatable bonds is 7. The number of ether oxygens (including phenoxy) is 1. The van der Waals surface area contributed by atoms with Gasteiger partial charge in [-0.05, 0) is 12.3 Å². The summed E-state index contributed by atoms with van der Waals surface area (Å²) in [6.07, 6.45) is 0.588. The molecule has 1 amide bonds. The number of amides is 1. The number of methoxy groups -OCH3 is 1. The Bertz CT molecular complexity index is 741. The normalized spacial score (nSPS) is 18.0. The molecule has 1 aromatic heterocycles. The van der Waals surface area contributed by atoms with Gasteiger partial charge in [0.1, 0.15) is 22.6 Å². The number of carbonyl (C=O) groups excluding carboxylic acids is 2. The van der Waals surface area contributed by atoms with Gasteiger partial charge in [-0.25, -0.2) is 4.79 Å². The number of hydrogen-bond acceptors (Lipinski definition) is 7. The van der Waals surface area contributed by atoms with Gasteiger partial charge < -0.3 is 14.5 Å². The van der Waals surface area contributed by atoms with E-state index in [2.05, 4.69) is 10.3 Å². The van der Waals surface area contributed by atoms with Crippen molar-refractivity contribution in [3.05, 3.63) is 28.3 Å². The Kier molecular flexibility index (Phi) is 6.41. The highest BCUT2D eigenvalue weighted by atomic mass is 32.2. The summed E-state index contributed by atoms with van der Waals surface area (Å²) in [6, 6.07) is 1.75. The Balaban J connectivity index is 2.21. The highest BCUT2D eigenvalue weighted by Crippen LogP contribution is 2.25. The molecule has 1 aliphatic heterocycles. The van der Waals surface area contributed by atoms with Crippen LogP contribution < -0.4 is 15.7 Å². The van der Waals surface area contributed by atoms with Crippen molar-refractivity contribution in [3.63, 3.8) is 0 Å². The molecule has 1 aliphatic rings. The van der Waals surface area contributed by atoms with E-state index in [9.17, 15) is 14.4 Å². The van der Waals surface area contributed by atoms with Crippen LogP contribution in [0.15, 0.2) is 26.3 Å². The minimum atomic E-state index is -0.615. The largest absolute Gasteiger partial charge is 0.496 e. The fraction of sp³-hybridized carbons (Fsp3) is 0.529. The first-order valence-corrected chi connectivity index (χ1v) is 8.99. The lowest BCUT2D eigenvalue weighted by atomic mass is 10.0. The van der Waals surface area contributed by atoms with Crippen LogP contribution in [0.5, 0.6) is 5.75 Å². The second kappa shape index (κ2) is 8.33. The maximum Gasteiger partial charge on any atom is 0.339 e. The van der Waals surface area contributed by atoms with Crippen LogP contribution in [-0.2, 0) is 9.59 Å². The van der Waals surface area contributed by atoms with Gasteiger partial charge in [0.25, 0.3) is 0 Å². The van der Waals surface area contributed by atoms with Crippen LogP contribution in [0.1, 0.15) is 39.0 Å². The minimum Gasteiger partial charge on any atom is -0.496 e. The van der Waals surface area contributed by atoms with Gasteiger partial charge in [-0.1, -0.05) is 13.8 Å². The summed E-state index contributed by atoms with van der Waals surface area (Å²) in [6.45, 7) is 5.45. The molecule has 0 spiro atoms. The van der Waals surface area contributed by atoms with Crippen molar-refractivity contribution in [2.45, 2.75) is 39.3 Å². The van der Waals surface area contributed by atoms with Crippen LogP contribution in [0.25, 0.3) is 0 Å². The molecule has 0 radical (unpaired) electrons. The zero-order valence-corrected chi connectivity index (χ0v) is 15.5. The maximum atomic E-state index is 12.5. The van der Waals surface area contributed by atoms with E-state index in [1.54, 1.807) is 6.07 Å². The SMILES string of the molecule is COc1cc(C(CC(C)C)NC(=O)C2CSC(C(C)=O)=N2)oc(=O)c1. The third-order valence-corrected chi connectivity index (χ3v) is 4.77. The van der Waals surface area contributed by atoms with Gasteiger partial charge >= 0.3 is 5.63 Å². The molecular weight excluding hydrogens is 344 g/mol. The fourth-order valence-electron chi connectivity index (χ4n) is 2.45. The second-order valence-corrected chi connectivity index (χ2v) is 7.24. The molecule has 1 N–H and O–H groups in total. The molecule has 25 heavy (non-hydrogen) atoms. The first-order valence-electron chi connectivity index (χ1n) is 8.01. The summed E-state index contributed by atoms with van der Waals surface area (Å²) in [5, 5.41) is 3.25. The van der Waals surface area contributed by atoms with E-state index in [1.807, 2.05) is 13.8 Å². The number of hydrogen-bond donors (Lipinski definition) is 1. The van der Waals surface area contributed by atoms with Crippen LogP contribution in [-0.4, -0.2) is 35.6 Å². The van der Waals surface area contributed by atoms with Gasteiger partial charge in [0.15, 0.2) is 5.78 Å². The van der Waals surface area contributed by atoms with E-state index < -0.39 is 17.7 Å². The lowest BCUT2D eigenvalue weighted by Gasteiger charge is -2.21. The van der Waals surface area contributed by atoms with Gasteiger partial charge in [0, 0.05) is 18.7 Å². The monoisotopic (exact) mass is 366 g/mol.